The zero-order chi connectivity index (χ0) is 40.3. The van der Waals surface area contributed by atoms with Crippen LogP contribution in [0.15, 0.2) is 176 Å². The Morgan fingerprint density at radius 1 is 0.525 bits per heavy atom. The second kappa shape index (κ2) is 14.1. The molecule has 5 heterocycles. The van der Waals surface area contributed by atoms with Crippen LogP contribution in [0.1, 0.15) is 31.1 Å². The predicted octanol–water partition coefficient (Wildman–Crippen LogP) is 8.83. The van der Waals surface area contributed by atoms with Gasteiger partial charge in [0.2, 0.25) is 11.6 Å². The Morgan fingerprint density at radius 3 is 1.37 bits per heavy atom. The van der Waals surface area contributed by atoms with Crippen LogP contribution in [0.5, 0.6) is 0 Å². The van der Waals surface area contributed by atoms with Crippen molar-refractivity contribution in [2.75, 3.05) is 11.9 Å². The fourth-order valence-electron chi connectivity index (χ4n) is 8.44. The number of aryl methyl sites for hydroxylation is 2. The number of hydrogen-bond acceptors (Lipinski definition) is 5. The molecule has 0 amide bonds. The summed E-state index contributed by atoms with van der Waals surface area (Å²) in [4.78, 5) is 12.8. The maximum absolute atomic E-state index is 5.42. The van der Waals surface area contributed by atoms with Gasteiger partial charge in [-0.1, -0.05) is 174 Å². The smallest absolute Gasteiger partial charge is 0.347 e. The fraction of sp³-hybridized carbons (Fsp3) is 0.120. The van der Waals surface area contributed by atoms with Crippen molar-refractivity contribution in [1.29, 1.82) is 0 Å². The number of aromatic nitrogens is 8. The fourth-order valence-corrected chi connectivity index (χ4v) is 8.44. The highest BCUT2D eigenvalue weighted by Gasteiger charge is 2.38. The summed E-state index contributed by atoms with van der Waals surface area (Å²) in [6.07, 6.45) is 4.40. The first-order chi connectivity index (χ1) is 28.8. The van der Waals surface area contributed by atoms with E-state index in [0.717, 1.165) is 56.3 Å². The third kappa shape index (κ3) is 6.01. The van der Waals surface area contributed by atoms with E-state index in [4.69, 9.17) is 20.2 Å². The van der Waals surface area contributed by atoms with Gasteiger partial charge in [-0.15, -0.1) is 9.03 Å². The highest BCUT2D eigenvalue weighted by atomic mass is 15.4. The van der Waals surface area contributed by atoms with Crippen LogP contribution in [0, 0.1) is 0 Å². The lowest BCUT2D eigenvalue weighted by atomic mass is 9.83. The van der Waals surface area contributed by atoms with E-state index in [1.54, 1.807) is 0 Å². The van der Waals surface area contributed by atoms with Crippen molar-refractivity contribution in [2.24, 2.45) is 14.1 Å². The second-order valence-corrected chi connectivity index (χ2v) is 15.5. The van der Waals surface area contributed by atoms with Crippen molar-refractivity contribution in [3.05, 3.63) is 193 Å². The number of anilines is 1. The van der Waals surface area contributed by atoms with Gasteiger partial charge in [0.05, 0.1) is 19.7 Å². The molecule has 4 aromatic heterocycles. The van der Waals surface area contributed by atoms with Gasteiger partial charge in [-0.05, 0) is 23.8 Å². The molecule has 5 aromatic carbocycles. The average molecular weight is 770 g/mol. The van der Waals surface area contributed by atoms with Crippen LogP contribution in [-0.2, 0) is 19.5 Å². The lowest BCUT2D eigenvalue weighted by Crippen LogP contribution is -2.29. The Bertz CT molecular complexity index is 2920. The molecule has 0 saturated heterocycles. The second-order valence-electron chi connectivity index (χ2n) is 15.5. The van der Waals surface area contributed by atoms with Gasteiger partial charge in [-0.3, -0.25) is 0 Å². The van der Waals surface area contributed by atoms with Crippen molar-refractivity contribution in [3.8, 4) is 45.0 Å². The van der Waals surface area contributed by atoms with Crippen molar-refractivity contribution >= 4 is 22.8 Å². The molecule has 59 heavy (non-hydrogen) atoms. The first-order valence-corrected chi connectivity index (χ1v) is 19.9. The average Bonchev–Trinajstić information content (AvgIpc) is 3.86. The van der Waals surface area contributed by atoms with Gasteiger partial charge in [0.15, 0.2) is 11.4 Å². The zero-order valence-corrected chi connectivity index (χ0v) is 33.7. The molecule has 9 nitrogen and oxygen atoms in total. The summed E-state index contributed by atoms with van der Waals surface area (Å²) in [5.74, 6) is 2.81. The normalized spacial score (nSPS) is 14.0. The van der Waals surface area contributed by atoms with Gasteiger partial charge in [-0.2, -0.15) is 0 Å². The minimum absolute atomic E-state index is 0.242. The molecular weight excluding hydrogens is 727 g/mol. The summed E-state index contributed by atoms with van der Waals surface area (Å²) in [5.41, 5.74) is 12.0. The number of likely N-dealkylation sites (N-methyl/N-ethyl adjacent to an activating group) is 1. The molecule has 9 aromatic rings. The van der Waals surface area contributed by atoms with E-state index in [9.17, 15) is 0 Å². The van der Waals surface area contributed by atoms with Crippen LogP contribution < -0.4 is 13.9 Å². The predicted molar refractivity (Wildman–Crippen MR) is 233 cm³/mol. The molecule has 10 rings (SSSR count). The Labute approximate surface area is 343 Å². The molecule has 0 fully saturated rings. The maximum Gasteiger partial charge on any atom is 0.425 e. The summed E-state index contributed by atoms with van der Waals surface area (Å²) in [6.45, 7) is 4.57. The number of hydrogen-bond donors (Lipinski definition) is 0. The zero-order valence-electron chi connectivity index (χ0n) is 33.7. The molecule has 286 valence electrons. The first kappa shape index (κ1) is 35.9. The third-order valence-corrected chi connectivity index (χ3v) is 11.6. The molecule has 0 spiro atoms. The van der Waals surface area contributed by atoms with Crippen LogP contribution in [0.25, 0.3) is 62.2 Å². The first-order valence-electron chi connectivity index (χ1n) is 19.9. The van der Waals surface area contributed by atoms with E-state index in [1.807, 2.05) is 71.7 Å². The molecule has 0 aliphatic carbocycles. The monoisotopic (exact) mass is 769 g/mol. The SMILES string of the molecule is CN1C(=CC=C(c2n[n+]3c(-c4ccccc4)cc(-c4ccccc4)nc3n2C)c2n[n+]3c(-c4ccccc4)cc(-c4ccccc4)nc3n2C)C(C)(C)c2ccccc21. The quantitative estimate of drug-likeness (QED) is 0.152. The summed E-state index contributed by atoms with van der Waals surface area (Å²) >= 11 is 0. The van der Waals surface area contributed by atoms with Gasteiger partial charge < -0.3 is 4.90 Å². The van der Waals surface area contributed by atoms with Crippen molar-refractivity contribution in [3.63, 3.8) is 0 Å². The Kier molecular flexibility index (Phi) is 8.60. The van der Waals surface area contributed by atoms with Gasteiger partial charge in [0.25, 0.3) is 0 Å². The standard InChI is InChI=1S/C50H43N9/c1-50(2)39-28-18-19-29-42(39)55(3)45(50)31-30-38(46-53-58-43(36-24-14-8-15-25-36)32-40(51-48(58)56(46)4)34-20-10-6-11-21-34)47-54-59-44(37-26-16-9-17-27-37)33-41(52-49(59)57(47)5)35-22-12-7-13-23-35/h6-33H,1-5H3/q+2. The maximum atomic E-state index is 5.42. The number of para-hydroxylation sites is 1. The molecule has 0 radical (unpaired) electrons. The molecule has 0 saturated carbocycles. The molecule has 0 N–H and O–H groups in total. The minimum Gasteiger partial charge on any atom is -0.347 e. The van der Waals surface area contributed by atoms with E-state index in [0.29, 0.717) is 23.2 Å². The highest BCUT2D eigenvalue weighted by molar-refractivity contribution is 5.78. The Balaban J connectivity index is 1.26. The molecule has 0 atom stereocenters. The van der Waals surface area contributed by atoms with Crippen LogP contribution in [0.2, 0.25) is 0 Å². The molecule has 1 aliphatic heterocycles. The summed E-state index contributed by atoms with van der Waals surface area (Å²) in [6, 6.07) is 54.3. The Morgan fingerprint density at radius 2 is 0.932 bits per heavy atom. The number of rotatable bonds is 7. The van der Waals surface area contributed by atoms with Gasteiger partial charge in [0.1, 0.15) is 11.4 Å². The molecular formula is C50H43N9+2. The van der Waals surface area contributed by atoms with E-state index in [2.05, 4.69) is 156 Å². The van der Waals surface area contributed by atoms with Crippen molar-refractivity contribution < 1.29 is 9.03 Å². The van der Waals surface area contributed by atoms with Gasteiger partial charge in [-0.25, -0.2) is 9.13 Å². The van der Waals surface area contributed by atoms with Crippen molar-refractivity contribution in [2.45, 2.75) is 19.3 Å². The lowest BCUT2D eigenvalue weighted by molar-refractivity contribution is -0.569. The number of fused-ring (bicyclic) bond motifs is 3. The lowest BCUT2D eigenvalue weighted by Gasteiger charge is -2.23. The molecule has 1 aliphatic rings. The van der Waals surface area contributed by atoms with E-state index in [-0.39, 0.29) is 5.41 Å². The molecule has 0 unspecified atom stereocenters. The summed E-state index contributed by atoms with van der Waals surface area (Å²) in [5, 5.41) is 10.8. The van der Waals surface area contributed by atoms with Crippen LogP contribution in [-0.4, -0.2) is 36.3 Å². The van der Waals surface area contributed by atoms with E-state index in [1.165, 1.54) is 11.3 Å². The molecule has 9 heteroatoms. The van der Waals surface area contributed by atoms with Gasteiger partial charge in [0, 0.05) is 58.2 Å². The summed E-state index contributed by atoms with van der Waals surface area (Å²) in [7, 11) is 6.21. The molecule has 0 bridgehead atoms. The van der Waals surface area contributed by atoms with Crippen LogP contribution >= 0.6 is 0 Å². The number of benzene rings is 5. The minimum atomic E-state index is -0.242. The van der Waals surface area contributed by atoms with Crippen molar-refractivity contribution in [1.82, 2.24) is 29.3 Å². The third-order valence-electron chi connectivity index (χ3n) is 11.6. The highest BCUT2D eigenvalue weighted by Crippen LogP contribution is 2.46. The number of nitrogens with zero attached hydrogens (tertiary/aromatic N) is 9. The topological polar surface area (TPSA) is 72.9 Å². The largest absolute Gasteiger partial charge is 0.425 e. The van der Waals surface area contributed by atoms with E-state index < -0.39 is 0 Å². The Hall–Kier alpha value is -7.52. The van der Waals surface area contributed by atoms with Crippen LogP contribution in [0.4, 0.5) is 5.69 Å². The summed E-state index contributed by atoms with van der Waals surface area (Å²) < 4.78 is 8.06. The van der Waals surface area contributed by atoms with Crippen LogP contribution in [0.3, 0.4) is 0 Å². The van der Waals surface area contributed by atoms with Gasteiger partial charge >= 0.3 is 11.6 Å². The van der Waals surface area contributed by atoms with E-state index >= 15 is 0 Å². The number of allylic oxidation sites excluding steroid dienone is 3.